The van der Waals surface area contributed by atoms with Crippen molar-refractivity contribution < 1.29 is 14.3 Å². The Hall–Kier alpha value is -1.55. The van der Waals surface area contributed by atoms with Crippen LogP contribution < -0.4 is 10.1 Å². The van der Waals surface area contributed by atoms with Crippen molar-refractivity contribution in [3.63, 3.8) is 0 Å². The van der Waals surface area contributed by atoms with Crippen molar-refractivity contribution in [1.29, 1.82) is 0 Å². The highest BCUT2D eigenvalue weighted by Crippen LogP contribution is 2.32. The fourth-order valence-corrected chi connectivity index (χ4v) is 2.53. The molecule has 0 bridgehead atoms. The van der Waals surface area contributed by atoms with Crippen molar-refractivity contribution in [3.8, 4) is 5.75 Å². The third-order valence-electron chi connectivity index (χ3n) is 3.46. The molecule has 0 aliphatic carbocycles. The van der Waals surface area contributed by atoms with E-state index in [2.05, 4.69) is 11.4 Å². The summed E-state index contributed by atoms with van der Waals surface area (Å²) in [5.41, 5.74) is 1.15. The lowest BCUT2D eigenvalue weighted by Crippen LogP contribution is -2.39. The molecule has 1 aromatic carbocycles. The Labute approximate surface area is 107 Å². The molecule has 0 saturated carbocycles. The second-order valence-corrected chi connectivity index (χ2v) is 4.55. The van der Waals surface area contributed by atoms with Gasteiger partial charge in [-0.1, -0.05) is 18.2 Å². The quantitative estimate of drug-likeness (QED) is 0.826. The van der Waals surface area contributed by atoms with Gasteiger partial charge in [-0.25, -0.2) is 0 Å². The van der Waals surface area contributed by atoms with Gasteiger partial charge in [0.1, 0.15) is 5.75 Å². The molecular formula is C14H19NO3. The highest BCUT2D eigenvalue weighted by Gasteiger charge is 2.29. The molecular weight excluding hydrogens is 230 g/mol. The van der Waals surface area contributed by atoms with Crippen LogP contribution >= 0.6 is 0 Å². The van der Waals surface area contributed by atoms with Gasteiger partial charge < -0.3 is 14.8 Å². The molecule has 1 aliphatic rings. The fraction of sp³-hybridized carbons (Fsp3) is 0.500. The van der Waals surface area contributed by atoms with E-state index in [0.717, 1.165) is 24.3 Å². The van der Waals surface area contributed by atoms with Crippen molar-refractivity contribution in [2.75, 3.05) is 27.3 Å². The van der Waals surface area contributed by atoms with Crippen LogP contribution in [0.2, 0.25) is 0 Å². The van der Waals surface area contributed by atoms with Gasteiger partial charge in [-0.15, -0.1) is 0 Å². The van der Waals surface area contributed by atoms with Crippen molar-refractivity contribution in [3.05, 3.63) is 29.8 Å². The van der Waals surface area contributed by atoms with Crippen LogP contribution in [0.5, 0.6) is 5.75 Å². The second-order valence-electron chi connectivity index (χ2n) is 4.55. The minimum Gasteiger partial charge on any atom is -0.496 e. The lowest BCUT2D eigenvalue weighted by molar-refractivity contribution is -0.146. The van der Waals surface area contributed by atoms with Crippen molar-refractivity contribution in [2.45, 2.75) is 12.3 Å². The van der Waals surface area contributed by atoms with E-state index in [1.54, 1.807) is 7.11 Å². The van der Waals surface area contributed by atoms with Crippen molar-refractivity contribution >= 4 is 5.97 Å². The zero-order valence-corrected chi connectivity index (χ0v) is 10.8. The number of hydrogen-bond donors (Lipinski definition) is 1. The predicted molar refractivity (Wildman–Crippen MR) is 68.7 cm³/mol. The van der Waals surface area contributed by atoms with E-state index in [4.69, 9.17) is 9.47 Å². The van der Waals surface area contributed by atoms with Crippen LogP contribution in [0.4, 0.5) is 0 Å². The summed E-state index contributed by atoms with van der Waals surface area (Å²) in [5.74, 6) is 0.967. The molecule has 1 aromatic rings. The Kier molecular flexibility index (Phi) is 4.20. The van der Waals surface area contributed by atoms with Crippen LogP contribution in [0.1, 0.15) is 17.9 Å². The summed E-state index contributed by atoms with van der Waals surface area (Å²) in [4.78, 5) is 11.6. The van der Waals surface area contributed by atoms with Gasteiger partial charge in [0.2, 0.25) is 0 Å². The Morgan fingerprint density at radius 1 is 1.28 bits per heavy atom. The third-order valence-corrected chi connectivity index (χ3v) is 3.46. The number of esters is 1. The zero-order chi connectivity index (χ0) is 13.0. The molecule has 2 unspecified atom stereocenters. The second kappa shape index (κ2) is 5.87. The maximum Gasteiger partial charge on any atom is 0.309 e. The first-order chi connectivity index (χ1) is 8.76. The average molecular weight is 249 g/mol. The molecule has 1 aliphatic heterocycles. The standard InChI is InChI=1S/C14H19NO3/c1-17-13-6-4-3-5-12(13)10-7-11(9-15-8-10)14(16)18-2/h3-6,10-11,15H,7-9H2,1-2H3. The van der Waals surface area contributed by atoms with Gasteiger partial charge in [0.25, 0.3) is 0 Å². The van der Waals surface area contributed by atoms with Crippen LogP contribution in [0, 0.1) is 5.92 Å². The van der Waals surface area contributed by atoms with Crippen molar-refractivity contribution in [2.24, 2.45) is 5.92 Å². The molecule has 4 heteroatoms. The average Bonchev–Trinajstić information content (AvgIpc) is 2.46. The molecule has 0 radical (unpaired) electrons. The monoisotopic (exact) mass is 249 g/mol. The highest BCUT2D eigenvalue weighted by molar-refractivity contribution is 5.72. The van der Waals surface area contributed by atoms with Crippen LogP contribution in [-0.4, -0.2) is 33.3 Å². The number of nitrogens with one attached hydrogen (secondary N) is 1. The summed E-state index contributed by atoms with van der Waals surface area (Å²) in [5, 5.41) is 3.29. The van der Waals surface area contributed by atoms with Crippen LogP contribution in [-0.2, 0) is 9.53 Å². The van der Waals surface area contributed by atoms with E-state index in [0.29, 0.717) is 12.5 Å². The summed E-state index contributed by atoms with van der Waals surface area (Å²) in [6, 6.07) is 7.97. The van der Waals surface area contributed by atoms with E-state index in [9.17, 15) is 4.79 Å². The first kappa shape index (κ1) is 12.9. The minimum absolute atomic E-state index is 0.0707. The van der Waals surface area contributed by atoms with E-state index in [1.807, 2.05) is 18.2 Å². The Morgan fingerprint density at radius 2 is 2.06 bits per heavy atom. The number of hydrogen-bond acceptors (Lipinski definition) is 4. The number of ether oxygens (including phenoxy) is 2. The molecule has 98 valence electrons. The molecule has 4 nitrogen and oxygen atoms in total. The summed E-state index contributed by atoms with van der Waals surface area (Å²) in [6.07, 6.45) is 0.806. The molecule has 0 aromatic heterocycles. The number of methoxy groups -OCH3 is 2. The van der Waals surface area contributed by atoms with E-state index in [1.165, 1.54) is 7.11 Å². The number of rotatable bonds is 3. The minimum atomic E-state index is -0.137. The van der Waals surface area contributed by atoms with Gasteiger partial charge in [-0.05, 0) is 18.1 Å². The molecule has 18 heavy (non-hydrogen) atoms. The number of benzene rings is 1. The molecule has 2 atom stereocenters. The topological polar surface area (TPSA) is 47.6 Å². The number of carbonyl (C=O) groups excluding carboxylic acids is 1. The van der Waals surface area contributed by atoms with Gasteiger partial charge in [0.15, 0.2) is 0 Å². The molecule has 1 heterocycles. The zero-order valence-electron chi connectivity index (χ0n) is 10.8. The Morgan fingerprint density at radius 3 is 2.78 bits per heavy atom. The van der Waals surface area contributed by atoms with Gasteiger partial charge in [0.05, 0.1) is 20.1 Å². The molecule has 1 saturated heterocycles. The number of para-hydroxylation sites is 1. The van der Waals surface area contributed by atoms with E-state index in [-0.39, 0.29) is 11.9 Å². The first-order valence-corrected chi connectivity index (χ1v) is 6.17. The summed E-state index contributed by atoms with van der Waals surface area (Å²) < 4.78 is 10.2. The Bertz CT molecular complexity index is 419. The lowest BCUT2D eigenvalue weighted by atomic mass is 9.85. The first-order valence-electron chi connectivity index (χ1n) is 6.17. The van der Waals surface area contributed by atoms with Gasteiger partial charge in [0, 0.05) is 19.0 Å². The maximum atomic E-state index is 11.6. The fourth-order valence-electron chi connectivity index (χ4n) is 2.53. The lowest BCUT2D eigenvalue weighted by Gasteiger charge is -2.29. The number of piperidine rings is 1. The number of carbonyl (C=O) groups is 1. The normalized spacial score (nSPS) is 23.4. The van der Waals surface area contributed by atoms with Crippen molar-refractivity contribution in [1.82, 2.24) is 5.32 Å². The predicted octanol–water partition coefficient (Wildman–Crippen LogP) is 1.56. The van der Waals surface area contributed by atoms with Gasteiger partial charge >= 0.3 is 5.97 Å². The van der Waals surface area contributed by atoms with E-state index < -0.39 is 0 Å². The molecule has 0 spiro atoms. The van der Waals surface area contributed by atoms with Crippen LogP contribution in [0.25, 0.3) is 0 Å². The smallest absolute Gasteiger partial charge is 0.309 e. The third kappa shape index (κ3) is 2.64. The summed E-state index contributed by atoms with van der Waals surface area (Å²) in [7, 11) is 3.11. The van der Waals surface area contributed by atoms with Crippen LogP contribution in [0.3, 0.4) is 0 Å². The molecule has 2 rings (SSSR count). The largest absolute Gasteiger partial charge is 0.496 e. The van der Waals surface area contributed by atoms with Gasteiger partial charge in [-0.3, -0.25) is 4.79 Å². The summed E-state index contributed by atoms with van der Waals surface area (Å²) in [6.45, 7) is 1.56. The molecule has 1 N–H and O–H groups in total. The van der Waals surface area contributed by atoms with Crippen LogP contribution in [0.15, 0.2) is 24.3 Å². The molecule has 1 fully saturated rings. The SMILES string of the molecule is COC(=O)C1CNCC(c2ccccc2OC)C1. The highest BCUT2D eigenvalue weighted by atomic mass is 16.5. The molecule has 0 amide bonds. The van der Waals surface area contributed by atoms with E-state index >= 15 is 0 Å². The Balaban J connectivity index is 2.15. The van der Waals surface area contributed by atoms with Gasteiger partial charge in [-0.2, -0.15) is 0 Å². The maximum absolute atomic E-state index is 11.6. The summed E-state index contributed by atoms with van der Waals surface area (Å²) >= 11 is 0.